The molecule has 0 aliphatic heterocycles. The van der Waals surface area contributed by atoms with E-state index in [4.69, 9.17) is 0 Å². The molecule has 13 aromatic carbocycles. The molecule has 0 radical (unpaired) electrons. The van der Waals surface area contributed by atoms with Gasteiger partial charge >= 0.3 is 0 Å². The standard InChI is InChI=1S/C65H48/c1-35-26-38(4)56(39(5)27-35)45-22-23-47-50(33-45)51-30-37(3)31-53-60(51)52(47)34-55-58(42-16-10-8-11-17-42)64-49-25-24-48(57-40(6)28-36(2)29-41(57)7)61-46-21-15-14-20-44(46)32-54(62(49)61)65(64)59(63(53)55)43-18-12-9-13-19-43/h8-34H,1-7H3. The van der Waals surface area contributed by atoms with E-state index in [0.29, 0.717) is 0 Å². The molecule has 0 spiro atoms. The molecule has 0 unspecified atom stereocenters. The molecule has 0 aliphatic carbocycles. The monoisotopic (exact) mass is 828 g/mol. The third-order valence-corrected chi connectivity index (χ3v) is 14.8. The van der Waals surface area contributed by atoms with Crippen molar-refractivity contribution in [3.63, 3.8) is 0 Å². The second kappa shape index (κ2) is 13.7. The van der Waals surface area contributed by atoms with Crippen molar-refractivity contribution >= 4 is 86.2 Å². The Labute approximate surface area is 380 Å². The summed E-state index contributed by atoms with van der Waals surface area (Å²) in [5.41, 5.74) is 19.6. The third kappa shape index (κ3) is 5.32. The van der Waals surface area contributed by atoms with Crippen LogP contribution < -0.4 is 0 Å². The molecular formula is C65H48. The van der Waals surface area contributed by atoms with Gasteiger partial charge in [0.1, 0.15) is 0 Å². The van der Waals surface area contributed by atoms with Crippen LogP contribution in [-0.2, 0) is 0 Å². The Morgan fingerprint density at radius 3 is 1.46 bits per heavy atom. The van der Waals surface area contributed by atoms with Gasteiger partial charge in [-0.3, -0.25) is 0 Å². The minimum atomic E-state index is 1.24. The summed E-state index contributed by atoms with van der Waals surface area (Å²) >= 11 is 0. The minimum absolute atomic E-state index is 1.24. The van der Waals surface area contributed by atoms with Crippen LogP contribution >= 0.6 is 0 Å². The molecule has 0 fully saturated rings. The molecule has 65 heavy (non-hydrogen) atoms. The van der Waals surface area contributed by atoms with Gasteiger partial charge in [-0.05, 0) is 225 Å². The largest absolute Gasteiger partial charge is 0.0622 e. The maximum Gasteiger partial charge on any atom is -0.000697 e. The van der Waals surface area contributed by atoms with E-state index < -0.39 is 0 Å². The zero-order valence-electron chi connectivity index (χ0n) is 38.1. The zero-order valence-corrected chi connectivity index (χ0v) is 38.1. The normalized spacial score (nSPS) is 12.2. The number of benzene rings is 11. The van der Waals surface area contributed by atoms with Gasteiger partial charge in [0.25, 0.3) is 0 Å². The Morgan fingerprint density at radius 2 is 0.769 bits per heavy atom. The number of fused-ring (bicyclic) bond motifs is 10. The molecule has 0 atom stereocenters. The molecule has 0 aliphatic rings. The minimum Gasteiger partial charge on any atom is -0.0622 e. The summed E-state index contributed by atoms with van der Waals surface area (Å²) in [5, 5.41) is 21.2. The average Bonchev–Trinajstić information content (AvgIpc) is 3.78. The fourth-order valence-corrected chi connectivity index (χ4v) is 12.7. The van der Waals surface area contributed by atoms with E-state index in [2.05, 4.69) is 212 Å². The highest BCUT2D eigenvalue weighted by Gasteiger charge is 2.28. The SMILES string of the molecule is Cc1cc(C)c(-c2ccc3c(c2)c2cc(C)cc4c5c(-c6ccccc6)c6c7cc8ccccc8c8c(-c9c(C)cc(C)cc9C)ccc(c6c(-c6ccccc6)c5cc3c24)c78)c(C)c1. The van der Waals surface area contributed by atoms with Gasteiger partial charge in [0.15, 0.2) is 0 Å². The lowest BCUT2D eigenvalue weighted by atomic mass is 9.83. The van der Waals surface area contributed by atoms with Crippen LogP contribution in [0.5, 0.6) is 0 Å². The number of hydrogen-bond acceptors (Lipinski definition) is 0. The van der Waals surface area contributed by atoms with E-state index in [1.807, 2.05) is 0 Å². The first-order valence-electron chi connectivity index (χ1n) is 23.2. The smallest absolute Gasteiger partial charge is 0.000697 e. The molecule has 0 amide bonds. The van der Waals surface area contributed by atoms with Gasteiger partial charge in [-0.15, -0.1) is 0 Å². The highest BCUT2D eigenvalue weighted by Crippen LogP contribution is 2.56. The maximum absolute atomic E-state index is 2.57. The second-order valence-electron chi connectivity index (χ2n) is 19.2. The van der Waals surface area contributed by atoms with E-state index in [-0.39, 0.29) is 0 Å². The Morgan fingerprint density at radius 1 is 0.231 bits per heavy atom. The van der Waals surface area contributed by atoms with Crippen LogP contribution in [0.2, 0.25) is 0 Å². The number of rotatable bonds is 4. The highest BCUT2D eigenvalue weighted by molar-refractivity contribution is 6.47. The van der Waals surface area contributed by atoms with Crippen molar-refractivity contribution in [2.75, 3.05) is 0 Å². The maximum atomic E-state index is 2.57. The van der Waals surface area contributed by atoms with Crippen molar-refractivity contribution in [3.8, 4) is 44.5 Å². The number of hydrogen-bond donors (Lipinski definition) is 0. The fourth-order valence-electron chi connectivity index (χ4n) is 12.7. The quantitative estimate of drug-likeness (QED) is 0.155. The molecule has 13 aromatic rings. The third-order valence-electron chi connectivity index (χ3n) is 14.8. The summed E-state index contributed by atoms with van der Waals surface area (Å²) in [6.07, 6.45) is 0. The molecule has 0 heterocycles. The molecule has 0 saturated carbocycles. The first kappa shape index (κ1) is 38.0. The van der Waals surface area contributed by atoms with E-state index in [9.17, 15) is 0 Å². The molecule has 0 heteroatoms. The zero-order chi connectivity index (χ0) is 44.0. The molecule has 0 saturated heterocycles. The van der Waals surface area contributed by atoms with Crippen LogP contribution in [0.25, 0.3) is 131 Å². The first-order valence-corrected chi connectivity index (χ1v) is 23.2. The van der Waals surface area contributed by atoms with Crippen molar-refractivity contribution in [2.24, 2.45) is 0 Å². The second-order valence-corrected chi connectivity index (χ2v) is 19.2. The van der Waals surface area contributed by atoms with Crippen LogP contribution in [0.3, 0.4) is 0 Å². The van der Waals surface area contributed by atoms with Crippen molar-refractivity contribution in [3.05, 3.63) is 203 Å². The van der Waals surface area contributed by atoms with Crippen molar-refractivity contribution in [1.82, 2.24) is 0 Å². The molecule has 0 nitrogen and oxygen atoms in total. The summed E-state index contributed by atoms with van der Waals surface area (Å²) in [7, 11) is 0. The van der Waals surface area contributed by atoms with Gasteiger partial charge in [0, 0.05) is 0 Å². The van der Waals surface area contributed by atoms with Crippen LogP contribution in [-0.4, -0.2) is 0 Å². The van der Waals surface area contributed by atoms with Gasteiger partial charge < -0.3 is 0 Å². The molecule has 308 valence electrons. The van der Waals surface area contributed by atoms with Crippen molar-refractivity contribution in [1.29, 1.82) is 0 Å². The summed E-state index contributed by atoms with van der Waals surface area (Å²) in [6.45, 7) is 15.8. The van der Waals surface area contributed by atoms with Gasteiger partial charge in [-0.25, -0.2) is 0 Å². The summed E-state index contributed by atoms with van der Waals surface area (Å²) in [4.78, 5) is 0. The van der Waals surface area contributed by atoms with E-state index in [1.54, 1.807) is 0 Å². The Kier molecular flexibility index (Phi) is 8.02. The summed E-state index contributed by atoms with van der Waals surface area (Å²) < 4.78 is 0. The van der Waals surface area contributed by atoms with Crippen molar-refractivity contribution in [2.45, 2.75) is 48.5 Å². The van der Waals surface area contributed by atoms with Crippen molar-refractivity contribution < 1.29 is 0 Å². The molecular weight excluding hydrogens is 781 g/mol. The lowest BCUT2D eigenvalue weighted by molar-refractivity contribution is 1.32. The summed E-state index contributed by atoms with van der Waals surface area (Å²) in [6, 6.07) is 63.1. The van der Waals surface area contributed by atoms with E-state index in [1.165, 1.54) is 170 Å². The highest BCUT2D eigenvalue weighted by atomic mass is 14.3. The predicted molar refractivity (Wildman–Crippen MR) is 284 cm³/mol. The van der Waals surface area contributed by atoms with Gasteiger partial charge in [0.2, 0.25) is 0 Å². The van der Waals surface area contributed by atoms with E-state index in [0.717, 1.165) is 0 Å². The summed E-state index contributed by atoms with van der Waals surface area (Å²) in [5.74, 6) is 0. The van der Waals surface area contributed by atoms with Crippen LogP contribution in [0.1, 0.15) is 38.9 Å². The first-order chi connectivity index (χ1) is 31.6. The Bertz CT molecular complexity index is 4100. The number of aryl methyl sites for hydroxylation is 7. The average molecular weight is 829 g/mol. The fraction of sp³-hybridized carbons (Fsp3) is 0.108. The lowest BCUT2D eigenvalue weighted by Crippen LogP contribution is -1.92. The van der Waals surface area contributed by atoms with Crippen LogP contribution in [0.4, 0.5) is 0 Å². The predicted octanol–water partition coefficient (Wildman–Crippen LogP) is 18.6. The van der Waals surface area contributed by atoms with Gasteiger partial charge in [0.05, 0.1) is 0 Å². The molecule has 13 rings (SSSR count). The molecule has 0 aromatic heterocycles. The molecule has 0 bridgehead atoms. The van der Waals surface area contributed by atoms with Gasteiger partial charge in [-0.1, -0.05) is 157 Å². The topological polar surface area (TPSA) is 0 Å². The van der Waals surface area contributed by atoms with Gasteiger partial charge in [-0.2, -0.15) is 0 Å². The van der Waals surface area contributed by atoms with Crippen LogP contribution in [0.15, 0.2) is 164 Å². The Balaban J connectivity index is 1.29. The molecule has 0 N–H and O–H groups in total. The van der Waals surface area contributed by atoms with E-state index >= 15 is 0 Å². The lowest BCUT2D eigenvalue weighted by Gasteiger charge is -2.19. The van der Waals surface area contributed by atoms with Crippen LogP contribution in [0, 0.1) is 48.5 Å². The Hall–Kier alpha value is -7.54.